The van der Waals surface area contributed by atoms with Crippen molar-refractivity contribution in [1.29, 1.82) is 0 Å². The van der Waals surface area contributed by atoms with Crippen LogP contribution in [0.3, 0.4) is 0 Å². The SMILES string of the molecule is Cc1ccc(OCCCON/C(N)=N/C(N)=NC(C)C)cc1.Cl. The average molecular weight is 344 g/mol. The molecule has 0 fully saturated rings. The number of hydrogen-bond acceptors (Lipinski definition) is 3. The van der Waals surface area contributed by atoms with E-state index in [4.69, 9.17) is 21.0 Å². The molecule has 0 atom stereocenters. The van der Waals surface area contributed by atoms with E-state index in [1.807, 2.05) is 45.0 Å². The molecule has 0 bridgehead atoms. The van der Waals surface area contributed by atoms with E-state index in [2.05, 4.69) is 15.5 Å². The van der Waals surface area contributed by atoms with E-state index in [0.29, 0.717) is 19.6 Å². The van der Waals surface area contributed by atoms with Crippen molar-refractivity contribution < 1.29 is 9.57 Å². The summed E-state index contributed by atoms with van der Waals surface area (Å²) in [5, 5.41) is 0. The van der Waals surface area contributed by atoms with Gasteiger partial charge < -0.3 is 16.2 Å². The Bertz CT molecular complexity index is 503. The lowest BCUT2D eigenvalue weighted by Gasteiger charge is -2.08. The van der Waals surface area contributed by atoms with Gasteiger partial charge in [-0.1, -0.05) is 17.7 Å². The Hall–Kier alpha value is -1.99. The largest absolute Gasteiger partial charge is 0.494 e. The topological polar surface area (TPSA) is 107 Å². The number of nitrogens with one attached hydrogen (secondary N) is 1. The number of rotatable bonds is 7. The zero-order valence-electron chi connectivity index (χ0n) is 13.8. The molecule has 1 aromatic carbocycles. The third-order valence-corrected chi connectivity index (χ3v) is 2.48. The second kappa shape index (κ2) is 11.6. The van der Waals surface area contributed by atoms with E-state index >= 15 is 0 Å². The molecule has 0 spiro atoms. The van der Waals surface area contributed by atoms with Gasteiger partial charge in [0.1, 0.15) is 5.75 Å². The first-order valence-electron chi connectivity index (χ1n) is 7.22. The summed E-state index contributed by atoms with van der Waals surface area (Å²) in [6.07, 6.45) is 0.712. The number of nitrogens with two attached hydrogens (primary N) is 2. The van der Waals surface area contributed by atoms with E-state index in [9.17, 15) is 0 Å². The van der Waals surface area contributed by atoms with Crippen LogP contribution in [0.1, 0.15) is 25.8 Å². The zero-order valence-corrected chi connectivity index (χ0v) is 14.6. The van der Waals surface area contributed by atoms with Crippen molar-refractivity contribution in [2.24, 2.45) is 21.5 Å². The maximum absolute atomic E-state index is 5.59. The van der Waals surface area contributed by atoms with Gasteiger partial charge in [-0.05, 0) is 32.9 Å². The molecule has 5 N–H and O–H groups in total. The lowest BCUT2D eigenvalue weighted by molar-refractivity contribution is 0.0739. The molecule has 0 radical (unpaired) electrons. The third-order valence-electron chi connectivity index (χ3n) is 2.48. The van der Waals surface area contributed by atoms with Crippen LogP contribution < -0.4 is 21.7 Å². The van der Waals surface area contributed by atoms with Gasteiger partial charge in [0.2, 0.25) is 11.9 Å². The highest BCUT2D eigenvalue weighted by atomic mass is 35.5. The molecule has 7 nitrogen and oxygen atoms in total. The van der Waals surface area contributed by atoms with Crippen LogP contribution in [0.4, 0.5) is 0 Å². The Morgan fingerprint density at radius 1 is 1.17 bits per heavy atom. The van der Waals surface area contributed by atoms with Gasteiger partial charge in [0.25, 0.3) is 0 Å². The Kier molecular flexibility index (Phi) is 10.6. The van der Waals surface area contributed by atoms with Crippen molar-refractivity contribution in [3.8, 4) is 5.75 Å². The highest BCUT2D eigenvalue weighted by Gasteiger charge is 1.97. The fourth-order valence-corrected chi connectivity index (χ4v) is 1.52. The fourth-order valence-electron chi connectivity index (χ4n) is 1.52. The number of guanidine groups is 2. The number of halogens is 1. The molecule has 0 saturated carbocycles. The quantitative estimate of drug-likeness (QED) is 0.302. The van der Waals surface area contributed by atoms with Gasteiger partial charge >= 0.3 is 0 Å². The maximum Gasteiger partial charge on any atom is 0.221 e. The number of aryl methyl sites for hydroxylation is 1. The predicted octanol–water partition coefficient (Wildman–Crippen LogP) is 1.74. The zero-order chi connectivity index (χ0) is 16.4. The molecule has 130 valence electrons. The lowest BCUT2D eigenvalue weighted by Crippen LogP contribution is -2.34. The van der Waals surface area contributed by atoms with E-state index in [1.54, 1.807) is 0 Å². The van der Waals surface area contributed by atoms with Crippen LogP contribution in [0.15, 0.2) is 34.3 Å². The van der Waals surface area contributed by atoms with Gasteiger partial charge in [-0.2, -0.15) is 4.99 Å². The van der Waals surface area contributed by atoms with Crippen molar-refractivity contribution in [3.63, 3.8) is 0 Å². The lowest BCUT2D eigenvalue weighted by atomic mass is 10.2. The van der Waals surface area contributed by atoms with Crippen LogP contribution in [-0.4, -0.2) is 31.2 Å². The van der Waals surface area contributed by atoms with Crippen LogP contribution in [0.25, 0.3) is 0 Å². The average Bonchev–Trinajstić information content (AvgIpc) is 2.43. The molecule has 0 aliphatic carbocycles. The minimum Gasteiger partial charge on any atom is -0.494 e. The van der Waals surface area contributed by atoms with Crippen molar-refractivity contribution >= 4 is 24.3 Å². The molecule has 0 aliphatic heterocycles. The summed E-state index contributed by atoms with van der Waals surface area (Å²) in [5.74, 6) is 1.03. The van der Waals surface area contributed by atoms with Gasteiger partial charge in [-0.3, -0.25) is 4.84 Å². The monoisotopic (exact) mass is 343 g/mol. The molecule has 0 aromatic heterocycles. The molecule has 0 heterocycles. The normalized spacial score (nSPS) is 12.0. The molecule has 23 heavy (non-hydrogen) atoms. The number of ether oxygens (including phenoxy) is 1. The molecule has 1 aromatic rings. The third kappa shape index (κ3) is 10.4. The van der Waals surface area contributed by atoms with E-state index in [-0.39, 0.29) is 30.4 Å². The molecular formula is C15H26ClN5O2. The minimum atomic E-state index is 0. The highest BCUT2D eigenvalue weighted by Crippen LogP contribution is 2.11. The van der Waals surface area contributed by atoms with Crippen LogP contribution >= 0.6 is 12.4 Å². The van der Waals surface area contributed by atoms with Gasteiger partial charge in [0.05, 0.1) is 13.2 Å². The van der Waals surface area contributed by atoms with Gasteiger partial charge in [-0.15, -0.1) is 12.4 Å². The Morgan fingerprint density at radius 2 is 1.83 bits per heavy atom. The van der Waals surface area contributed by atoms with Gasteiger partial charge in [-0.25, -0.2) is 10.5 Å². The summed E-state index contributed by atoms with van der Waals surface area (Å²) in [7, 11) is 0. The van der Waals surface area contributed by atoms with Crippen LogP contribution in [0, 0.1) is 6.92 Å². The number of nitrogens with zero attached hydrogens (tertiary/aromatic N) is 2. The molecule has 0 saturated heterocycles. The molecule has 0 unspecified atom stereocenters. The highest BCUT2D eigenvalue weighted by molar-refractivity contribution is 5.92. The van der Waals surface area contributed by atoms with Crippen LogP contribution in [-0.2, 0) is 4.84 Å². The molecule has 1 rings (SSSR count). The van der Waals surface area contributed by atoms with Gasteiger partial charge in [0, 0.05) is 12.5 Å². The number of aliphatic imine (C=N–C) groups is 2. The van der Waals surface area contributed by atoms with Gasteiger partial charge in [0.15, 0.2) is 0 Å². The van der Waals surface area contributed by atoms with E-state index < -0.39 is 0 Å². The Morgan fingerprint density at radius 3 is 2.43 bits per heavy atom. The van der Waals surface area contributed by atoms with E-state index in [1.165, 1.54) is 5.56 Å². The summed E-state index contributed by atoms with van der Waals surface area (Å²) in [6.45, 7) is 6.82. The van der Waals surface area contributed by atoms with Crippen LogP contribution in [0.5, 0.6) is 5.75 Å². The summed E-state index contributed by atoms with van der Waals surface area (Å²) in [6, 6.07) is 7.96. The fraction of sp³-hybridized carbons (Fsp3) is 0.467. The van der Waals surface area contributed by atoms with Crippen molar-refractivity contribution in [2.75, 3.05) is 13.2 Å². The van der Waals surface area contributed by atoms with E-state index in [0.717, 1.165) is 5.75 Å². The van der Waals surface area contributed by atoms with Crippen molar-refractivity contribution in [2.45, 2.75) is 33.2 Å². The maximum atomic E-state index is 5.59. The predicted molar refractivity (Wildman–Crippen MR) is 96.0 cm³/mol. The number of benzene rings is 1. The second-order valence-electron chi connectivity index (χ2n) is 5.04. The first-order valence-corrected chi connectivity index (χ1v) is 7.22. The van der Waals surface area contributed by atoms with Crippen LogP contribution in [0.2, 0.25) is 0 Å². The second-order valence-corrected chi connectivity index (χ2v) is 5.04. The standard InChI is InChI=1S/C15H25N5O2.ClH/c1-11(2)18-14(16)19-15(17)20-22-10-4-9-21-13-7-5-12(3)6-8-13;/h5-8,11H,4,9-10H2,1-3H3,(H5,16,17,18,19,20);1H. The Balaban J connectivity index is 0.00000484. The summed E-state index contributed by atoms with van der Waals surface area (Å²) in [5.41, 5.74) is 14.9. The Labute approximate surface area is 143 Å². The summed E-state index contributed by atoms with van der Waals surface area (Å²) in [4.78, 5) is 13.0. The molecular weight excluding hydrogens is 318 g/mol. The number of hydrogen-bond donors (Lipinski definition) is 3. The first kappa shape index (κ1) is 21.0. The summed E-state index contributed by atoms with van der Waals surface area (Å²) < 4.78 is 5.57. The molecule has 8 heteroatoms. The van der Waals surface area contributed by atoms with Crippen molar-refractivity contribution in [1.82, 2.24) is 5.48 Å². The first-order chi connectivity index (χ1) is 10.5. The number of hydroxylamine groups is 1. The smallest absolute Gasteiger partial charge is 0.221 e. The van der Waals surface area contributed by atoms with Crippen molar-refractivity contribution in [3.05, 3.63) is 29.8 Å². The molecule has 0 amide bonds. The molecule has 0 aliphatic rings. The summed E-state index contributed by atoms with van der Waals surface area (Å²) >= 11 is 0. The minimum absolute atomic E-state index is 0.